The van der Waals surface area contributed by atoms with E-state index in [0.717, 1.165) is 0 Å². The van der Waals surface area contributed by atoms with E-state index in [4.69, 9.17) is 5.73 Å². The summed E-state index contributed by atoms with van der Waals surface area (Å²) < 4.78 is 0. The van der Waals surface area contributed by atoms with Crippen LogP contribution in [0.3, 0.4) is 0 Å². The van der Waals surface area contributed by atoms with Crippen LogP contribution in [0.1, 0.15) is 38.1 Å². The highest BCUT2D eigenvalue weighted by molar-refractivity contribution is 5.98. The van der Waals surface area contributed by atoms with Gasteiger partial charge in [-0.2, -0.15) is 0 Å². The van der Waals surface area contributed by atoms with E-state index in [-0.39, 0.29) is 23.2 Å². The van der Waals surface area contributed by atoms with Gasteiger partial charge in [-0.05, 0) is 24.5 Å². The standard InChI is InChI=1S/C13H21N3O/c1-9(13(2,3)4)16(5)12(17)10-7-6-8-15-11(10)14/h6-9H,1-5H3,(H2,14,15). The molecule has 2 N–H and O–H groups in total. The number of nitrogen functional groups attached to an aromatic ring is 1. The highest BCUT2D eigenvalue weighted by Crippen LogP contribution is 2.24. The van der Waals surface area contributed by atoms with Crippen LogP contribution in [0.15, 0.2) is 18.3 Å². The van der Waals surface area contributed by atoms with Crippen LogP contribution in [0.4, 0.5) is 5.82 Å². The Hall–Kier alpha value is -1.58. The molecule has 1 atom stereocenters. The molecular weight excluding hydrogens is 214 g/mol. The van der Waals surface area contributed by atoms with Crippen LogP contribution in [0.25, 0.3) is 0 Å². The van der Waals surface area contributed by atoms with Crippen molar-refractivity contribution in [3.05, 3.63) is 23.9 Å². The number of carbonyl (C=O) groups excluding carboxylic acids is 1. The number of anilines is 1. The second-order valence-electron chi connectivity index (χ2n) is 5.39. The molecule has 0 aliphatic heterocycles. The van der Waals surface area contributed by atoms with Gasteiger partial charge in [-0.1, -0.05) is 20.8 Å². The number of pyridine rings is 1. The Balaban J connectivity index is 2.95. The van der Waals surface area contributed by atoms with Gasteiger partial charge in [0.15, 0.2) is 0 Å². The van der Waals surface area contributed by atoms with Crippen LogP contribution in [0.2, 0.25) is 0 Å². The Labute approximate surface area is 103 Å². The summed E-state index contributed by atoms with van der Waals surface area (Å²) in [5.41, 5.74) is 6.20. The number of hydrogen-bond donors (Lipinski definition) is 1. The maximum absolute atomic E-state index is 12.3. The van der Waals surface area contributed by atoms with Gasteiger partial charge in [0, 0.05) is 19.3 Å². The summed E-state index contributed by atoms with van der Waals surface area (Å²) in [6.07, 6.45) is 1.58. The molecule has 0 fully saturated rings. The third-order valence-electron chi connectivity index (χ3n) is 3.22. The summed E-state index contributed by atoms with van der Waals surface area (Å²) >= 11 is 0. The zero-order chi connectivity index (χ0) is 13.2. The summed E-state index contributed by atoms with van der Waals surface area (Å²) in [5, 5.41) is 0. The smallest absolute Gasteiger partial charge is 0.257 e. The molecule has 0 bridgehead atoms. The lowest BCUT2D eigenvalue weighted by atomic mass is 9.87. The Morgan fingerprint density at radius 2 is 2.06 bits per heavy atom. The topological polar surface area (TPSA) is 59.2 Å². The first-order valence-electron chi connectivity index (χ1n) is 5.72. The van der Waals surface area contributed by atoms with Crippen molar-refractivity contribution in [3.63, 3.8) is 0 Å². The van der Waals surface area contributed by atoms with Crippen LogP contribution < -0.4 is 5.73 Å². The molecule has 0 saturated heterocycles. The molecule has 17 heavy (non-hydrogen) atoms. The maximum atomic E-state index is 12.3. The zero-order valence-corrected chi connectivity index (χ0v) is 11.2. The first-order valence-corrected chi connectivity index (χ1v) is 5.72. The van der Waals surface area contributed by atoms with Gasteiger partial charge >= 0.3 is 0 Å². The third-order valence-corrected chi connectivity index (χ3v) is 3.22. The number of nitrogens with two attached hydrogens (primary N) is 1. The van der Waals surface area contributed by atoms with Gasteiger partial charge in [0.05, 0.1) is 5.56 Å². The average Bonchev–Trinajstić information content (AvgIpc) is 2.25. The Morgan fingerprint density at radius 1 is 1.47 bits per heavy atom. The number of rotatable bonds is 2. The molecule has 0 saturated carbocycles. The zero-order valence-electron chi connectivity index (χ0n) is 11.2. The van der Waals surface area contributed by atoms with E-state index < -0.39 is 0 Å². The number of carbonyl (C=O) groups is 1. The lowest BCUT2D eigenvalue weighted by Gasteiger charge is -2.35. The van der Waals surface area contributed by atoms with Gasteiger partial charge in [-0.25, -0.2) is 4.98 Å². The second kappa shape index (κ2) is 4.73. The third kappa shape index (κ3) is 2.96. The van der Waals surface area contributed by atoms with Gasteiger partial charge in [0.2, 0.25) is 0 Å². The Kier molecular flexibility index (Phi) is 3.76. The van der Waals surface area contributed by atoms with Crippen LogP contribution in [-0.2, 0) is 0 Å². The minimum Gasteiger partial charge on any atom is -0.383 e. The van der Waals surface area contributed by atoms with Gasteiger partial charge in [-0.15, -0.1) is 0 Å². The van der Waals surface area contributed by atoms with Crippen molar-refractivity contribution < 1.29 is 4.79 Å². The molecule has 1 amide bonds. The van der Waals surface area contributed by atoms with Crippen molar-refractivity contribution in [2.75, 3.05) is 12.8 Å². The van der Waals surface area contributed by atoms with Gasteiger partial charge in [0.25, 0.3) is 5.91 Å². The van der Waals surface area contributed by atoms with Crippen molar-refractivity contribution in [3.8, 4) is 0 Å². The second-order valence-corrected chi connectivity index (χ2v) is 5.39. The lowest BCUT2D eigenvalue weighted by molar-refractivity contribution is 0.0630. The van der Waals surface area contributed by atoms with Crippen LogP contribution in [0.5, 0.6) is 0 Å². The Bertz CT molecular complexity index is 409. The lowest BCUT2D eigenvalue weighted by Crippen LogP contribution is -2.43. The number of hydrogen-bond acceptors (Lipinski definition) is 3. The highest BCUT2D eigenvalue weighted by Gasteiger charge is 2.28. The molecular formula is C13H21N3O. The molecule has 0 aliphatic rings. The highest BCUT2D eigenvalue weighted by atomic mass is 16.2. The van der Waals surface area contributed by atoms with E-state index in [1.807, 2.05) is 6.92 Å². The fraction of sp³-hybridized carbons (Fsp3) is 0.538. The number of aromatic nitrogens is 1. The summed E-state index contributed by atoms with van der Waals surface area (Å²) in [7, 11) is 1.80. The molecule has 4 nitrogen and oxygen atoms in total. The van der Waals surface area contributed by atoms with E-state index in [0.29, 0.717) is 5.56 Å². The maximum Gasteiger partial charge on any atom is 0.257 e. The predicted octanol–water partition coefficient (Wildman–Crippen LogP) is 2.17. The van der Waals surface area contributed by atoms with E-state index in [1.54, 1.807) is 30.3 Å². The van der Waals surface area contributed by atoms with Crippen molar-refractivity contribution in [1.29, 1.82) is 0 Å². The predicted molar refractivity (Wildman–Crippen MR) is 69.7 cm³/mol. The van der Waals surface area contributed by atoms with Crippen LogP contribution in [0, 0.1) is 5.41 Å². The molecule has 94 valence electrons. The molecule has 1 aromatic rings. The van der Waals surface area contributed by atoms with Crippen LogP contribution in [-0.4, -0.2) is 28.9 Å². The molecule has 1 unspecified atom stereocenters. The molecule has 1 heterocycles. The molecule has 1 rings (SSSR count). The van der Waals surface area contributed by atoms with Gasteiger partial charge < -0.3 is 10.6 Å². The number of amides is 1. The molecule has 0 radical (unpaired) electrons. The van der Waals surface area contributed by atoms with Crippen molar-refractivity contribution in [1.82, 2.24) is 9.88 Å². The first-order chi connectivity index (χ1) is 7.75. The largest absolute Gasteiger partial charge is 0.383 e. The van der Waals surface area contributed by atoms with E-state index >= 15 is 0 Å². The van der Waals surface area contributed by atoms with Crippen LogP contribution >= 0.6 is 0 Å². The average molecular weight is 235 g/mol. The fourth-order valence-electron chi connectivity index (χ4n) is 1.55. The van der Waals surface area contributed by atoms with Crippen molar-refractivity contribution in [2.24, 2.45) is 5.41 Å². The van der Waals surface area contributed by atoms with E-state index in [9.17, 15) is 4.79 Å². The molecule has 4 heteroatoms. The number of nitrogens with zero attached hydrogens (tertiary/aromatic N) is 2. The summed E-state index contributed by atoms with van der Waals surface area (Å²) in [4.78, 5) is 17.9. The normalized spacial score (nSPS) is 13.2. The molecule has 0 aliphatic carbocycles. The molecule has 1 aromatic heterocycles. The van der Waals surface area contributed by atoms with Gasteiger partial charge in [-0.3, -0.25) is 4.79 Å². The summed E-state index contributed by atoms with van der Waals surface area (Å²) in [6, 6.07) is 3.55. The van der Waals surface area contributed by atoms with Crippen molar-refractivity contribution >= 4 is 11.7 Å². The Morgan fingerprint density at radius 3 is 2.53 bits per heavy atom. The fourth-order valence-corrected chi connectivity index (χ4v) is 1.55. The van der Waals surface area contributed by atoms with E-state index in [2.05, 4.69) is 25.8 Å². The minimum atomic E-state index is -0.0852. The minimum absolute atomic E-state index is 0.0291. The summed E-state index contributed by atoms with van der Waals surface area (Å²) in [6.45, 7) is 8.35. The monoisotopic (exact) mass is 235 g/mol. The molecule has 0 spiro atoms. The first kappa shape index (κ1) is 13.5. The SMILES string of the molecule is CC(N(C)C(=O)c1cccnc1N)C(C)(C)C. The van der Waals surface area contributed by atoms with E-state index in [1.165, 1.54) is 0 Å². The molecule has 0 aromatic carbocycles. The van der Waals surface area contributed by atoms with Crippen molar-refractivity contribution in [2.45, 2.75) is 33.7 Å². The summed E-state index contributed by atoms with van der Waals surface area (Å²) in [5.74, 6) is 0.198. The quantitative estimate of drug-likeness (QED) is 0.854. The van der Waals surface area contributed by atoms with Gasteiger partial charge in [0.1, 0.15) is 5.82 Å².